The lowest BCUT2D eigenvalue weighted by Gasteiger charge is -2.28. The van der Waals surface area contributed by atoms with Crippen molar-refractivity contribution in [1.82, 2.24) is 10.2 Å². The van der Waals surface area contributed by atoms with Crippen molar-refractivity contribution >= 4 is 5.91 Å². The molecule has 1 aromatic carbocycles. The second-order valence-corrected chi connectivity index (χ2v) is 5.60. The molecule has 0 aliphatic carbocycles. The minimum absolute atomic E-state index is 0.156. The first-order valence-corrected chi connectivity index (χ1v) is 7.41. The Kier molecular flexibility index (Phi) is 5.56. The number of halogens is 1. The Morgan fingerprint density at radius 2 is 2.14 bits per heavy atom. The number of hydrogen-bond donors (Lipinski definition) is 1. The quantitative estimate of drug-likeness (QED) is 0.901. The second kappa shape index (κ2) is 7.41. The van der Waals surface area contributed by atoms with Gasteiger partial charge in [0.2, 0.25) is 5.91 Å². The highest BCUT2D eigenvalue weighted by Crippen LogP contribution is 2.24. The van der Waals surface area contributed by atoms with E-state index in [0.717, 1.165) is 31.7 Å². The zero-order chi connectivity index (χ0) is 15.2. The fourth-order valence-electron chi connectivity index (χ4n) is 2.70. The van der Waals surface area contributed by atoms with Crippen molar-refractivity contribution in [3.8, 4) is 5.75 Å². The zero-order valence-electron chi connectivity index (χ0n) is 12.7. The van der Waals surface area contributed by atoms with Crippen LogP contribution in [0.1, 0.15) is 18.9 Å². The van der Waals surface area contributed by atoms with Gasteiger partial charge in [-0.2, -0.15) is 0 Å². The average molecular weight is 294 g/mol. The summed E-state index contributed by atoms with van der Waals surface area (Å²) in [5.74, 6) is 0.742. The summed E-state index contributed by atoms with van der Waals surface area (Å²) in [4.78, 5) is 14.1. The topological polar surface area (TPSA) is 41.6 Å². The van der Waals surface area contributed by atoms with E-state index < -0.39 is 0 Å². The number of carbonyl (C=O) groups is 1. The van der Waals surface area contributed by atoms with Gasteiger partial charge in [0.15, 0.2) is 0 Å². The van der Waals surface area contributed by atoms with Crippen LogP contribution in [0.3, 0.4) is 0 Å². The molecule has 2 rings (SSSR count). The molecule has 5 heteroatoms. The van der Waals surface area contributed by atoms with E-state index in [4.69, 9.17) is 4.74 Å². The molecule has 116 valence electrons. The van der Waals surface area contributed by atoms with Gasteiger partial charge in [-0.15, -0.1) is 0 Å². The standard InChI is InChI=1S/C16H23FN2O2/c1-12(10-16(20)19-7-5-18-6-8-19)9-13-11-14(17)3-4-15(13)21-2/h3-4,11-12,18H,5-10H2,1-2H3. The maximum Gasteiger partial charge on any atom is 0.222 e. The maximum absolute atomic E-state index is 13.3. The number of amides is 1. The third-order valence-electron chi connectivity index (χ3n) is 3.80. The fraction of sp³-hybridized carbons (Fsp3) is 0.562. The monoisotopic (exact) mass is 294 g/mol. The van der Waals surface area contributed by atoms with Gasteiger partial charge in [-0.3, -0.25) is 4.79 Å². The van der Waals surface area contributed by atoms with Crippen molar-refractivity contribution in [1.29, 1.82) is 0 Å². The molecule has 21 heavy (non-hydrogen) atoms. The first-order valence-electron chi connectivity index (χ1n) is 7.41. The molecular weight excluding hydrogens is 271 g/mol. The minimum atomic E-state index is -0.272. The summed E-state index contributed by atoms with van der Waals surface area (Å²) < 4.78 is 18.6. The van der Waals surface area contributed by atoms with Crippen molar-refractivity contribution in [3.05, 3.63) is 29.6 Å². The first kappa shape index (κ1) is 15.8. The van der Waals surface area contributed by atoms with Gasteiger partial charge in [0.1, 0.15) is 11.6 Å². The predicted molar refractivity (Wildman–Crippen MR) is 79.9 cm³/mol. The predicted octanol–water partition coefficient (Wildman–Crippen LogP) is 1.83. The summed E-state index contributed by atoms with van der Waals surface area (Å²) in [7, 11) is 1.58. The third kappa shape index (κ3) is 4.43. The van der Waals surface area contributed by atoms with Crippen LogP contribution in [0.25, 0.3) is 0 Å². The Bertz CT molecular complexity index is 487. The van der Waals surface area contributed by atoms with Gasteiger partial charge in [0, 0.05) is 32.6 Å². The lowest BCUT2D eigenvalue weighted by Crippen LogP contribution is -2.46. The molecule has 4 nitrogen and oxygen atoms in total. The smallest absolute Gasteiger partial charge is 0.222 e. The van der Waals surface area contributed by atoms with E-state index in [2.05, 4.69) is 5.32 Å². The van der Waals surface area contributed by atoms with E-state index in [1.54, 1.807) is 13.2 Å². The van der Waals surface area contributed by atoms with Crippen LogP contribution in [-0.2, 0) is 11.2 Å². The lowest BCUT2D eigenvalue weighted by molar-refractivity contribution is -0.132. The summed E-state index contributed by atoms with van der Waals surface area (Å²) in [5, 5.41) is 3.23. The molecule has 1 heterocycles. The number of hydrogen-bond acceptors (Lipinski definition) is 3. The van der Waals surface area contributed by atoms with Gasteiger partial charge in [0.05, 0.1) is 7.11 Å². The van der Waals surface area contributed by atoms with E-state index in [1.807, 2.05) is 11.8 Å². The van der Waals surface area contributed by atoms with Crippen LogP contribution in [0, 0.1) is 11.7 Å². The highest BCUT2D eigenvalue weighted by molar-refractivity contribution is 5.76. The number of benzene rings is 1. The Morgan fingerprint density at radius 3 is 2.81 bits per heavy atom. The molecule has 1 aromatic rings. The number of ether oxygens (including phenoxy) is 1. The summed E-state index contributed by atoms with van der Waals surface area (Å²) in [6.07, 6.45) is 1.12. The van der Waals surface area contributed by atoms with Gasteiger partial charge in [0.25, 0.3) is 0 Å². The average Bonchev–Trinajstić information content (AvgIpc) is 2.48. The lowest BCUT2D eigenvalue weighted by atomic mass is 9.96. The molecule has 1 aliphatic rings. The Labute approximate surface area is 125 Å². The van der Waals surface area contributed by atoms with Gasteiger partial charge < -0.3 is 15.0 Å². The van der Waals surface area contributed by atoms with E-state index in [1.165, 1.54) is 12.1 Å². The van der Waals surface area contributed by atoms with Crippen LogP contribution in [0.4, 0.5) is 4.39 Å². The molecule has 0 saturated carbocycles. The van der Waals surface area contributed by atoms with Crippen LogP contribution in [0.2, 0.25) is 0 Å². The number of nitrogens with zero attached hydrogens (tertiary/aromatic N) is 1. The first-order chi connectivity index (χ1) is 10.1. The van der Waals surface area contributed by atoms with Crippen molar-refractivity contribution < 1.29 is 13.9 Å². The van der Waals surface area contributed by atoms with Crippen LogP contribution < -0.4 is 10.1 Å². The Morgan fingerprint density at radius 1 is 1.43 bits per heavy atom. The van der Waals surface area contributed by atoms with Crippen molar-refractivity contribution in [2.24, 2.45) is 5.92 Å². The number of piperazine rings is 1. The normalized spacial score (nSPS) is 16.6. The van der Waals surface area contributed by atoms with Crippen LogP contribution >= 0.6 is 0 Å². The molecule has 0 radical (unpaired) electrons. The zero-order valence-corrected chi connectivity index (χ0v) is 12.7. The molecule has 1 amide bonds. The molecule has 1 unspecified atom stereocenters. The number of carbonyl (C=O) groups excluding carboxylic acids is 1. The van der Waals surface area contributed by atoms with E-state index >= 15 is 0 Å². The molecule has 1 N–H and O–H groups in total. The van der Waals surface area contributed by atoms with Gasteiger partial charge in [-0.05, 0) is 36.1 Å². The summed E-state index contributed by atoms with van der Waals surface area (Å²) in [5.41, 5.74) is 0.818. The third-order valence-corrected chi connectivity index (χ3v) is 3.80. The van der Waals surface area contributed by atoms with Crippen molar-refractivity contribution in [2.75, 3.05) is 33.3 Å². The Balaban J connectivity index is 1.93. The molecule has 1 fully saturated rings. The highest BCUT2D eigenvalue weighted by Gasteiger charge is 2.19. The number of nitrogens with one attached hydrogen (secondary N) is 1. The highest BCUT2D eigenvalue weighted by atomic mass is 19.1. The van der Waals surface area contributed by atoms with Crippen LogP contribution in [0.5, 0.6) is 5.75 Å². The largest absolute Gasteiger partial charge is 0.496 e. The van der Waals surface area contributed by atoms with Crippen LogP contribution in [0.15, 0.2) is 18.2 Å². The van der Waals surface area contributed by atoms with Crippen molar-refractivity contribution in [3.63, 3.8) is 0 Å². The van der Waals surface area contributed by atoms with Crippen molar-refractivity contribution in [2.45, 2.75) is 19.8 Å². The van der Waals surface area contributed by atoms with E-state index in [-0.39, 0.29) is 17.6 Å². The molecule has 0 bridgehead atoms. The number of methoxy groups -OCH3 is 1. The molecule has 1 saturated heterocycles. The summed E-state index contributed by atoms with van der Waals surface area (Å²) in [6.45, 7) is 5.28. The van der Waals surface area contributed by atoms with Crippen LogP contribution in [-0.4, -0.2) is 44.1 Å². The van der Waals surface area contributed by atoms with Gasteiger partial charge in [-0.1, -0.05) is 6.92 Å². The van der Waals surface area contributed by atoms with Gasteiger partial charge in [-0.25, -0.2) is 4.39 Å². The molecular formula is C16H23FN2O2. The summed E-state index contributed by atoms with van der Waals surface area (Å²) >= 11 is 0. The minimum Gasteiger partial charge on any atom is -0.496 e. The SMILES string of the molecule is COc1ccc(F)cc1CC(C)CC(=O)N1CCNCC1. The molecule has 1 atom stereocenters. The maximum atomic E-state index is 13.3. The second-order valence-electron chi connectivity index (χ2n) is 5.60. The number of rotatable bonds is 5. The molecule has 1 aliphatic heterocycles. The van der Waals surface area contributed by atoms with E-state index in [0.29, 0.717) is 18.6 Å². The fourth-order valence-corrected chi connectivity index (χ4v) is 2.70. The Hall–Kier alpha value is -1.62. The summed E-state index contributed by atoms with van der Waals surface area (Å²) in [6, 6.07) is 4.51. The molecule has 0 aromatic heterocycles. The van der Waals surface area contributed by atoms with Gasteiger partial charge >= 0.3 is 0 Å². The van der Waals surface area contributed by atoms with E-state index in [9.17, 15) is 9.18 Å². The molecule has 0 spiro atoms.